The zero-order chi connectivity index (χ0) is 45.8. The van der Waals surface area contributed by atoms with E-state index in [1.807, 2.05) is 0 Å². The van der Waals surface area contributed by atoms with E-state index < -0.39 is 6.10 Å². The minimum Gasteiger partial charge on any atom is -0.462 e. The lowest BCUT2D eigenvalue weighted by molar-refractivity contribution is -0.167. The molecule has 1 unspecified atom stereocenters. The van der Waals surface area contributed by atoms with E-state index in [2.05, 4.69) is 57.2 Å². The van der Waals surface area contributed by atoms with Crippen LogP contribution in [-0.2, 0) is 28.6 Å². The van der Waals surface area contributed by atoms with Crippen LogP contribution in [-0.4, -0.2) is 37.2 Å². The summed E-state index contributed by atoms with van der Waals surface area (Å²) in [5.74, 6) is -0.874. The van der Waals surface area contributed by atoms with Gasteiger partial charge in [-0.3, -0.25) is 14.4 Å². The van der Waals surface area contributed by atoms with Gasteiger partial charge in [-0.25, -0.2) is 0 Å². The smallest absolute Gasteiger partial charge is 0.306 e. The lowest BCUT2D eigenvalue weighted by atomic mass is 10.0. The van der Waals surface area contributed by atoms with Crippen molar-refractivity contribution in [3.8, 4) is 0 Å². The Morgan fingerprint density at radius 3 is 0.921 bits per heavy atom. The van der Waals surface area contributed by atoms with E-state index in [1.165, 1.54) is 180 Å². The Kier molecular flexibility index (Phi) is 50.3. The van der Waals surface area contributed by atoms with E-state index in [1.54, 1.807) is 0 Å². The molecule has 0 spiro atoms. The summed E-state index contributed by atoms with van der Waals surface area (Å²) in [6, 6.07) is 0. The molecule has 0 aliphatic heterocycles. The lowest BCUT2D eigenvalue weighted by Gasteiger charge is -2.18. The van der Waals surface area contributed by atoms with Crippen molar-refractivity contribution in [2.24, 2.45) is 0 Å². The second-order valence-corrected chi connectivity index (χ2v) is 18.5. The molecule has 0 rings (SSSR count). The van der Waals surface area contributed by atoms with E-state index in [0.717, 1.165) is 70.6 Å². The highest BCUT2D eigenvalue weighted by Gasteiger charge is 2.19. The molecule has 0 saturated carbocycles. The van der Waals surface area contributed by atoms with Crippen molar-refractivity contribution in [1.29, 1.82) is 0 Å². The van der Waals surface area contributed by atoms with Crippen molar-refractivity contribution in [3.05, 3.63) is 36.5 Å². The summed E-state index contributed by atoms with van der Waals surface area (Å²) >= 11 is 0. The predicted octanol–water partition coefficient (Wildman–Crippen LogP) is 18.1. The second-order valence-electron chi connectivity index (χ2n) is 18.5. The standard InChI is InChI=1S/C57H104O6/c1-4-7-10-13-16-19-22-25-27-28-29-30-31-33-35-38-41-44-47-50-56(59)62-53-54(52-61-55(58)49-46-43-40-37-34-24-21-18-15-12-9-6-3)63-57(60)51-48-45-42-39-36-32-26-23-20-17-14-11-8-5-2/h16,19,23,25-27,54H,4-15,17-18,20-22,24,28-53H2,1-3H3/b19-16-,26-23-,27-25-. The number of hydrogen-bond acceptors (Lipinski definition) is 6. The van der Waals surface area contributed by atoms with Gasteiger partial charge in [-0.15, -0.1) is 0 Å². The van der Waals surface area contributed by atoms with E-state index >= 15 is 0 Å². The highest BCUT2D eigenvalue weighted by Crippen LogP contribution is 2.16. The molecule has 0 aromatic carbocycles. The van der Waals surface area contributed by atoms with Crippen LogP contribution < -0.4 is 0 Å². The molecule has 6 nitrogen and oxygen atoms in total. The number of rotatable bonds is 50. The average Bonchev–Trinajstić information content (AvgIpc) is 3.28. The van der Waals surface area contributed by atoms with Crippen molar-refractivity contribution in [1.82, 2.24) is 0 Å². The third kappa shape index (κ3) is 50.5. The summed E-state index contributed by atoms with van der Waals surface area (Å²) in [6.45, 7) is 6.62. The number of carbonyl (C=O) groups excluding carboxylic acids is 3. The molecule has 0 saturated heterocycles. The Bertz CT molecular complexity index is 1060. The lowest BCUT2D eigenvalue weighted by Crippen LogP contribution is -2.30. The number of ether oxygens (including phenoxy) is 3. The zero-order valence-electron chi connectivity index (χ0n) is 42.1. The van der Waals surface area contributed by atoms with Gasteiger partial charge in [-0.2, -0.15) is 0 Å². The van der Waals surface area contributed by atoms with Gasteiger partial charge in [0.25, 0.3) is 0 Å². The van der Waals surface area contributed by atoms with Crippen LogP contribution in [0.3, 0.4) is 0 Å². The van der Waals surface area contributed by atoms with Gasteiger partial charge >= 0.3 is 17.9 Å². The van der Waals surface area contributed by atoms with Gasteiger partial charge in [0.05, 0.1) is 0 Å². The van der Waals surface area contributed by atoms with Gasteiger partial charge in [0.2, 0.25) is 0 Å². The summed E-state index contributed by atoms with van der Waals surface area (Å²) in [5.41, 5.74) is 0. The summed E-state index contributed by atoms with van der Waals surface area (Å²) in [4.78, 5) is 38.0. The highest BCUT2D eigenvalue weighted by molar-refractivity contribution is 5.71. The molecule has 0 aromatic heterocycles. The van der Waals surface area contributed by atoms with Crippen LogP contribution in [0.4, 0.5) is 0 Å². The Balaban J connectivity index is 4.33. The van der Waals surface area contributed by atoms with Gasteiger partial charge in [-0.1, -0.05) is 231 Å². The van der Waals surface area contributed by atoms with Gasteiger partial charge in [0.15, 0.2) is 6.10 Å². The molecule has 6 heteroatoms. The molecule has 368 valence electrons. The van der Waals surface area contributed by atoms with Gasteiger partial charge in [0, 0.05) is 19.3 Å². The predicted molar refractivity (Wildman–Crippen MR) is 270 cm³/mol. The third-order valence-corrected chi connectivity index (χ3v) is 12.1. The third-order valence-electron chi connectivity index (χ3n) is 12.1. The molecule has 0 fully saturated rings. The summed E-state index contributed by atoms with van der Waals surface area (Å²) in [6.07, 6.45) is 61.2. The number of allylic oxidation sites excluding steroid dienone is 6. The van der Waals surface area contributed by atoms with Crippen molar-refractivity contribution < 1.29 is 28.6 Å². The van der Waals surface area contributed by atoms with Crippen LogP contribution in [0.1, 0.15) is 290 Å². The maximum Gasteiger partial charge on any atom is 0.306 e. The zero-order valence-corrected chi connectivity index (χ0v) is 42.1. The topological polar surface area (TPSA) is 78.9 Å². The molecule has 1 atom stereocenters. The molecule has 0 aromatic rings. The number of unbranched alkanes of at least 4 members (excludes halogenated alkanes) is 33. The molecule has 0 bridgehead atoms. The summed E-state index contributed by atoms with van der Waals surface area (Å²) in [5, 5.41) is 0. The van der Waals surface area contributed by atoms with Crippen molar-refractivity contribution in [3.63, 3.8) is 0 Å². The summed E-state index contributed by atoms with van der Waals surface area (Å²) < 4.78 is 16.8. The van der Waals surface area contributed by atoms with Crippen molar-refractivity contribution >= 4 is 17.9 Å². The van der Waals surface area contributed by atoms with Crippen LogP contribution in [0, 0.1) is 0 Å². The Labute approximate surface area is 391 Å². The van der Waals surface area contributed by atoms with E-state index in [9.17, 15) is 14.4 Å². The van der Waals surface area contributed by atoms with Gasteiger partial charge in [0.1, 0.15) is 13.2 Å². The fourth-order valence-electron chi connectivity index (χ4n) is 7.94. The minimum absolute atomic E-state index is 0.0735. The maximum absolute atomic E-state index is 12.8. The first-order chi connectivity index (χ1) is 31.0. The van der Waals surface area contributed by atoms with Crippen LogP contribution >= 0.6 is 0 Å². The van der Waals surface area contributed by atoms with Crippen LogP contribution in [0.2, 0.25) is 0 Å². The van der Waals surface area contributed by atoms with E-state index in [4.69, 9.17) is 14.2 Å². The van der Waals surface area contributed by atoms with Gasteiger partial charge < -0.3 is 14.2 Å². The first-order valence-electron chi connectivity index (χ1n) is 27.5. The van der Waals surface area contributed by atoms with E-state index in [0.29, 0.717) is 19.3 Å². The average molecular weight is 885 g/mol. The van der Waals surface area contributed by atoms with Crippen molar-refractivity contribution in [2.45, 2.75) is 297 Å². The molecule has 63 heavy (non-hydrogen) atoms. The quantitative estimate of drug-likeness (QED) is 0.0262. The van der Waals surface area contributed by atoms with Gasteiger partial charge in [-0.05, 0) is 77.0 Å². The minimum atomic E-state index is -0.774. The van der Waals surface area contributed by atoms with Crippen molar-refractivity contribution in [2.75, 3.05) is 13.2 Å². The van der Waals surface area contributed by atoms with Crippen LogP contribution in [0.5, 0.6) is 0 Å². The Morgan fingerprint density at radius 2 is 0.571 bits per heavy atom. The van der Waals surface area contributed by atoms with Crippen LogP contribution in [0.15, 0.2) is 36.5 Å². The number of hydrogen-bond donors (Lipinski definition) is 0. The first-order valence-corrected chi connectivity index (χ1v) is 27.5. The number of carbonyl (C=O) groups is 3. The fourth-order valence-corrected chi connectivity index (χ4v) is 7.94. The molecule has 0 heterocycles. The first kappa shape index (κ1) is 60.6. The SMILES string of the molecule is CCCCC/C=C\C/C=C\CCCCCCCCCCCC(=O)OCC(COC(=O)CCCCCCCCCCCCCC)OC(=O)CCCCCCC/C=C\CCCCCCC. The molecular formula is C57H104O6. The second kappa shape index (κ2) is 52.3. The van der Waals surface area contributed by atoms with Crippen LogP contribution in [0.25, 0.3) is 0 Å². The number of esters is 3. The Hall–Kier alpha value is -2.37. The molecule has 0 N–H and O–H groups in total. The molecule has 0 radical (unpaired) electrons. The van der Waals surface area contributed by atoms with E-state index in [-0.39, 0.29) is 31.1 Å². The largest absolute Gasteiger partial charge is 0.462 e. The monoisotopic (exact) mass is 885 g/mol. The fraction of sp³-hybridized carbons (Fsp3) is 0.842. The maximum atomic E-state index is 12.8. The molecule has 0 amide bonds. The highest BCUT2D eigenvalue weighted by atomic mass is 16.6. The molecular weight excluding hydrogens is 781 g/mol. The normalized spacial score (nSPS) is 12.2. The Morgan fingerprint density at radius 1 is 0.317 bits per heavy atom. The molecule has 0 aliphatic carbocycles. The molecule has 0 aliphatic rings. The summed E-state index contributed by atoms with van der Waals surface area (Å²) in [7, 11) is 0.